The molecule has 0 radical (unpaired) electrons. The lowest BCUT2D eigenvalue weighted by atomic mass is 10.1. The molecule has 0 spiro atoms. The molecular weight excluding hydrogens is 288 g/mol. The maximum atomic E-state index is 12.1. The minimum atomic E-state index is -2.80. The van der Waals surface area contributed by atoms with Crippen molar-refractivity contribution < 1.29 is 18.6 Å². The predicted octanol–water partition coefficient (Wildman–Crippen LogP) is 3.63. The molecule has 2 rings (SSSR count). The van der Waals surface area contributed by atoms with Crippen LogP contribution in [-0.2, 0) is 13.2 Å². The molecule has 0 saturated heterocycles. The second-order valence-electron chi connectivity index (χ2n) is 5.02. The number of aliphatic hydroxyl groups is 1. The molecule has 0 saturated carbocycles. The van der Waals surface area contributed by atoms with Crippen LogP contribution < -0.4 is 10.1 Å². The summed E-state index contributed by atoms with van der Waals surface area (Å²) < 4.78 is 28.5. The second-order valence-corrected chi connectivity index (χ2v) is 5.02. The first-order valence-electron chi connectivity index (χ1n) is 7.05. The van der Waals surface area contributed by atoms with E-state index in [0.29, 0.717) is 6.54 Å². The maximum Gasteiger partial charge on any atom is 0.387 e. The van der Waals surface area contributed by atoms with Gasteiger partial charge in [0.25, 0.3) is 0 Å². The van der Waals surface area contributed by atoms with Gasteiger partial charge in [-0.05, 0) is 35.7 Å². The van der Waals surface area contributed by atoms with E-state index in [1.807, 2.05) is 31.2 Å². The number of ether oxygens (including phenoxy) is 1. The van der Waals surface area contributed by atoms with Gasteiger partial charge in [-0.3, -0.25) is 0 Å². The lowest BCUT2D eigenvalue weighted by molar-refractivity contribution is -0.0498. The summed E-state index contributed by atoms with van der Waals surface area (Å²) in [6.07, 6.45) is 0. The second kappa shape index (κ2) is 7.87. The van der Waals surface area contributed by atoms with Crippen molar-refractivity contribution in [2.24, 2.45) is 0 Å². The largest absolute Gasteiger partial charge is 0.435 e. The zero-order chi connectivity index (χ0) is 15.9. The Morgan fingerprint density at radius 1 is 1.00 bits per heavy atom. The molecule has 0 bridgehead atoms. The molecule has 2 N–H and O–H groups in total. The molecule has 0 aliphatic heterocycles. The Morgan fingerprint density at radius 3 is 2.14 bits per heavy atom. The van der Waals surface area contributed by atoms with E-state index < -0.39 is 6.61 Å². The molecule has 1 atom stereocenters. The lowest BCUT2D eigenvalue weighted by Gasteiger charge is -2.15. The van der Waals surface area contributed by atoms with Gasteiger partial charge in [0.2, 0.25) is 0 Å². The number of nitrogens with one attached hydrogen (secondary N) is 1. The van der Waals surface area contributed by atoms with Crippen molar-refractivity contribution in [1.29, 1.82) is 0 Å². The van der Waals surface area contributed by atoms with Crippen LogP contribution in [-0.4, -0.2) is 11.7 Å². The molecular formula is C17H19F2NO2. The number of rotatable bonds is 7. The molecule has 2 aromatic rings. The zero-order valence-electron chi connectivity index (χ0n) is 12.3. The summed E-state index contributed by atoms with van der Waals surface area (Å²) in [6.45, 7) is -0.0759. The van der Waals surface area contributed by atoms with Crippen molar-refractivity contribution in [3.63, 3.8) is 0 Å². The summed E-state index contributed by atoms with van der Waals surface area (Å²) in [7, 11) is 0. The van der Waals surface area contributed by atoms with E-state index in [1.54, 1.807) is 12.1 Å². The molecule has 0 aliphatic carbocycles. The SMILES string of the molecule is CC(NCc1ccc(CO)cc1)c1ccc(OC(F)F)cc1. The van der Waals surface area contributed by atoms with Crippen LogP contribution in [0, 0.1) is 0 Å². The van der Waals surface area contributed by atoms with E-state index in [1.165, 1.54) is 12.1 Å². The van der Waals surface area contributed by atoms with Crippen LogP contribution in [0.5, 0.6) is 5.75 Å². The predicted molar refractivity (Wildman–Crippen MR) is 80.7 cm³/mol. The summed E-state index contributed by atoms with van der Waals surface area (Å²) >= 11 is 0. The van der Waals surface area contributed by atoms with Crippen molar-refractivity contribution >= 4 is 0 Å². The number of aliphatic hydroxyl groups excluding tert-OH is 1. The van der Waals surface area contributed by atoms with Crippen molar-refractivity contribution in [1.82, 2.24) is 5.32 Å². The van der Waals surface area contributed by atoms with E-state index in [0.717, 1.165) is 16.7 Å². The summed E-state index contributed by atoms with van der Waals surface area (Å²) in [5.74, 6) is 0.158. The van der Waals surface area contributed by atoms with Gasteiger partial charge >= 0.3 is 6.61 Å². The Labute approximate surface area is 128 Å². The molecule has 0 amide bonds. The molecule has 3 nitrogen and oxygen atoms in total. The van der Waals surface area contributed by atoms with Gasteiger partial charge in [-0.2, -0.15) is 8.78 Å². The highest BCUT2D eigenvalue weighted by molar-refractivity contribution is 5.29. The van der Waals surface area contributed by atoms with Gasteiger partial charge in [0, 0.05) is 12.6 Å². The highest BCUT2D eigenvalue weighted by atomic mass is 19.3. The molecule has 0 aliphatic rings. The highest BCUT2D eigenvalue weighted by Gasteiger charge is 2.07. The van der Waals surface area contributed by atoms with E-state index in [9.17, 15) is 8.78 Å². The lowest BCUT2D eigenvalue weighted by Crippen LogP contribution is -2.18. The van der Waals surface area contributed by atoms with Crippen LogP contribution >= 0.6 is 0 Å². The standard InChI is InChI=1S/C17H19F2NO2/c1-12(15-6-8-16(9-7-15)22-17(18)19)20-10-13-2-4-14(11-21)5-3-13/h2-9,12,17,20-21H,10-11H2,1H3. The van der Waals surface area contributed by atoms with Crippen LogP contribution in [0.4, 0.5) is 8.78 Å². The summed E-state index contributed by atoms with van der Waals surface area (Å²) in [5.41, 5.74) is 2.99. The third kappa shape index (κ3) is 4.79. The Bertz CT molecular complexity index is 570. The fourth-order valence-electron chi connectivity index (χ4n) is 2.09. The topological polar surface area (TPSA) is 41.5 Å². The number of hydrogen-bond donors (Lipinski definition) is 2. The van der Waals surface area contributed by atoms with Gasteiger partial charge in [-0.25, -0.2) is 0 Å². The number of hydrogen-bond acceptors (Lipinski definition) is 3. The molecule has 0 heterocycles. The Hall–Kier alpha value is -1.98. The van der Waals surface area contributed by atoms with Crippen molar-refractivity contribution in [3.05, 3.63) is 65.2 Å². The average molecular weight is 307 g/mol. The van der Waals surface area contributed by atoms with Crippen LogP contribution in [0.2, 0.25) is 0 Å². The van der Waals surface area contributed by atoms with Crippen LogP contribution in [0.3, 0.4) is 0 Å². The molecule has 0 fully saturated rings. The Morgan fingerprint density at radius 2 is 1.59 bits per heavy atom. The average Bonchev–Trinajstić information content (AvgIpc) is 2.53. The fraction of sp³-hybridized carbons (Fsp3) is 0.294. The number of benzene rings is 2. The maximum absolute atomic E-state index is 12.1. The minimum absolute atomic E-state index is 0.0388. The van der Waals surface area contributed by atoms with E-state index >= 15 is 0 Å². The van der Waals surface area contributed by atoms with Crippen molar-refractivity contribution in [2.75, 3.05) is 0 Å². The Kier molecular flexibility index (Phi) is 5.86. The van der Waals surface area contributed by atoms with Crippen LogP contribution in [0.25, 0.3) is 0 Å². The van der Waals surface area contributed by atoms with Gasteiger partial charge in [-0.15, -0.1) is 0 Å². The molecule has 0 aromatic heterocycles. The van der Waals surface area contributed by atoms with Gasteiger partial charge in [0.05, 0.1) is 6.61 Å². The van der Waals surface area contributed by atoms with E-state index in [-0.39, 0.29) is 18.4 Å². The van der Waals surface area contributed by atoms with Crippen molar-refractivity contribution in [2.45, 2.75) is 32.7 Å². The first kappa shape index (κ1) is 16.4. The van der Waals surface area contributed by atoms with Gasteiger partial charge < -0.3 is 15.2 Å². The molecule has 118 valence electrons. The third-order valence-corrected chi connectivity index (χ3v) is 3.42. The summed E-state index contributed by atoms with van der Waals surface area (Å²) in [6, 6.07) is 14.4. The normalized spacial score (nSPS) is 12.4. The van der Waals surface area contributed by atoms with Gasteiger partial charge in [0.15, 0.2) is 0 Å². The van der Waals surface area contributed by atoms with E-state index in [4.69, 9.17) is 5.11 Å². The third-order valence-electron chi connectivity index (χ3n) is 3.42. The molecule has 5 heteroatoms. The molecule has 2 aromatic carbocycles. The van der Waals surface area contributed by atoms with E-state index in [2.05, 4.69) is 10.1 Å². The van der Waals surface area contributed by atoms with Crippen molar-refractivity contribution in [3.8, 4) is 5.75 Å². The van der Waals surface area contributed by atoms with Gasteiger partial charge in [-0.1, -0.05) is 36.4 Å². The number of halogens is 2. The monoisotopic (exact) mass is 307 g/mol. The molecule has 22 heavy (non-hydrogen) atoms. The quantitative estimate of drug-likeness (QED) is 0.821. The summed E-state index contributed by atoms with van der Waals surface area (Å²) in [5, 5.41) is 12.4. The summed E-state index contributed by atoms with van der Waals surface area (Å²) in [4.78, 5) is 0. The van der Waals surface area contributed by atoms with Gasteiger partial charge in [0.1, 0.15) is 5.75 Å². The Balaban J connectivity index is 1.89. The number of alkyl halides is 2. The smallest absolute Gasteiger partial charge is 0.387 e. The van der Waals surface area contributed by atoms with Crippen LogP contribution in [0.1, 0.15) is 29.7 Å². The zero-order valence-corrected chi connectivity index (χ0v) is 12.3. The fourth-order valence-corrected chi connectivity index (χ4v) is 2.09. The minimum Gasteiger partial charge on any atom is -0.435 e. The van der Waals surface area contributed by atoms with Crippen LogP contribution in [0.15, 0.2) is 48.5 Å². The molecule has 1 unspecified atom stereocenters. The highest BCUT2D eigenvalue weighted by Crippen LogP contribution is 2.19. The first-order chi connectivity index (χ1) is 10.6. The first-order valence-corrected chi connectivity index (χ1v) is 7.05.